The summed E-state index contributed by atoms with van der Waals surface area (Å²) in [6, 6.07) is -2.17. The summed E-state index contributed by atoms with van der Waals surface area (Å²) in [5.41, 5.74) is 4.94. The lowest BCUT2D eigenvalue weighted by Gasteiger charge is -2.31. The Bertz CT molecular complexity index is 1410. The molecule has 6 atom stereocenters. The lowest BCUT2D eigenvalue weighted by molar-refractivity contribution is -0.146. The average Bonchev–Trinajstić information content (AvgIpc) is 3.73. The largest absolute Gasteiger partial charge is 0.465 e. The molecule has 4 rings (SSSR count). The van der Waals surface area contributed by atoms with Gasteiger partial charge in [-0.25, -0.2) is 15.2 Å². The van der Waals surface area contributed by atoms with Crippen LogP contribution in [-0.2, 0) is 32.9 Å². The summed E-state index contributed by atoms with van der Waals surface area (Å²) in [6.45, 7) is 12.9. The summed E-state index contributed by atoms with van der Waals surface area (Å²) in [6.07, 6.45) is -0.523. The van der Waals surface area contributed by atoms with Gasteiger partial charge in [0.15, 0.2) is 23.2 Å². The van der Waals surface area contributed by atoms with E-state index >= 15 is 0 Å². The van der Waals surface area contributed by atoms with Gasteiger partial charge in [0.05, 0.1) is 26.1 Å². The first kappa shape index (κ1) is 36.9. The highest BCUT2D eigenvalue weighted by atomic mass is 31.2. The van der Waals surface area contributed by atoms with Crippen molar-refractivity contribution < 1.29 is 43.1 Å². The topological polar surface area (TPSA) is 226 Å². The Balaban J connectivity index is 1.62. The molecule has 0 saturated carbocycles. The van der Waals surface area contributed by atoms with Crippen LogP contribution in [0.3, 0.4) is 0 Å². The third-order valence-corrected chi connectivity index (χ3v) is 10.0. The number of esters is 2. The van der Waals surface area contributed by atoms with E-state index in [-0.39, 0.29) is 31.0 Å². The van der Waals surface area contributed by atoms with E-state index in [1.807, 2.05) is 0 Å². The molecule has 2 fully saturated rings. The zero-order chi connectivity index (χ0) is 34.7. The molecule has 0 aliphatic carbocycles. The van der Waals surface area contributed by atoms with Crippen LogP contribution in [0.4, 0.5) is 11.8 Å². The number of ether oxygens (including phenoxy) is 3. The smallest absolute Gasteiger partial charge is 0.342 e. The minimum atomic E-state index is -4.30. The van der Waals surface area contributed by atoms with Gasteiger partial charge in [-0.1, -0.05) is 27.7 Å². The molecule has 17 nitrogen and oxygen atoms in total. The van der Waals surface area contributed by atoms with Gasteiger partial charge in [0.2, 0.25) is 5.95 Å². The second-order valence-corrected chi connectivity index (χ2v) is 14.6. The Labute approximate surface area is 274 Å². The molecule has 2 aliphatic heterocycles. The van der Waals surface area contributed by atoms with Crippen LogP contribution in [0.15, 0.2) is 6.33 Å². The second-order valence-electron chi connectivity index (χ2n) is 12.7. The van der Waals surface area contributed by atoms with E-state index in [0.717, 1.165) is 25.9 Å². The number of fused-ring (bicyclic) bond motifs is 1. The molecule has 2 saturated heterocycles. The van der Waals surface area contributed by atoms with Gasteiger partial charge in [0.25, 0.3) is 0 Å². The predicted molar refractivity (Wildman–Crippen MR) is 172 cm³/mol. The van der Waals surface area contributed by atoms with Crippen molar-refractivity contribution in [2.24, 2.45) is 11.8 Å². The first-order chi connectivity index (χ1) is 22.1. The van der Waals surface area contributed by atoms with Gasteiger partial charge in [-0.3, -0.25) is 18.7 Å². The van der Waals surface area contributed by atoms with Crippen molar-refractivity contribution in [3.8, 4) is 0 Å². The highest BCUT2D eigenvalue weighted by Gasteiger charge is 2.54. The number of hydrogen-bond acceptors (Lipinski definition) is 14. The molecule has 2 aromatic rings. The van der Waals surface area contributed by atoms with Crippen LogP contribution in [-0.4, -0.2) is 104 Å². The molecule has 1 unspecified atom stereocenters. The number of imidazole rings is 1. The molecule has 0 radical (unpaired) electrons. The fourth-order valence-electron chi connectivity index (χ4n) is 5.69. The maximum atomic E-state index is 14.5. The minimum absolute atomic E-state index is 0.0138. The van der Waals surface area contributed by atoms with Gasteiger partial charge < -0.3 is 39.6 Å². The molecule has 0 spiro atoms. The molecular formula is C29H49N8O9P. The fourth-order valence-corrected chi connectivity index (χ4v) is 7.81. The number of nitrogens with two attached hydrogens (primary N) is 1. The highest BCUT2D eigenvalue weighted by Crippen LogP contribution is 2.45. The van der Waals surface area contributed by atoms with Crippen molar-refractivity contribution in [3.05, 3.63) is 6.33 Å². The standard InChI is InChI=1S/C29H49N8O9P/c1-8-43-25(39)19(16(3)4)34-47(42,35-20(17(5)6)26(40)44-9-2)45-14-18-22(38)29(7,41)27(46-18)37-15-31-21-23(36-12-10-11-13-36)32-28(30)33-24(21)37/h15-20,22,27,38,41H,8-14H2,1-7H3,(H2,30,32,33)(H2,34,35,42)/t18-,19+,20+,22?,27-,29+/m1/s1. The van der Waals surface area contributed by atoms with Gasteiger partial charge in [-0.2, -0.15) is 9.97 Å². The number of hydrogen-bond donors (Lipinski definition) is 5. The summed E-state index contributed by atoms with van der Waals surface area (Å²) in [5, 5.41) is 28.3. The van der Waals surface area contributed by atoms with E-state index in [9.17, 15) is 24.4 Å². The number of carbonyl (C=O) groups is 2. The normalized spacial score (nSPS) is 24.7. The first-order valence-electron chi connectivity index (χ1n) is 16.1. The predicted octanol–water partition coefficient (Wildman–Crippen LogP) is 1.50. The Hall–Kier alpha value is -2.92. The lowest BCUT2D eigenvalue weighted by Crippen LogP contribution is -2.49. The van der Waals surface area contributed by atoms with Crippen molar-refractivity contribution in [1.82, 2.24) is 29.7 Å². The highest BCUT2D eigenvalue weighted by molar-refractivity contribution is 7.54. The molecule has 0 amide bonds. The average molecular weight is 685 g/mol. The van der Waals surface area contributed by atoms with Crippen LogP contribution in [0.25, 0.3) is 11.2 Å². The molecule has 264 valence electrons. The fraction of sp³-hybridized carbons (Fsp3) is 0.759. The zero-order valence-electron chi connectivity index (χ0n) is 28.1. The molecule has 2 aromatic heterocycles. The number of aliphatic hydroxyl groups excluding tert-OH is 1. The molecule has 0 aromatic carbocycles. The third-order valence-electron chi connectivity index (χ3n) is 8.29. The van der Waals surface area contributed by atoms with Crippen LogP contribution in [0, 0.1) is 11.8 Å². The number of aliphatic hydroxyl groups is 2. The van der Waals surface area contributed by atoms with E-state index in [1.54, 1.807) is 41.5 Å². The Morgan fingerprint density at radius 2 is 1.64 bits per heavy atom. The van der Waals surface area contributed by atoms with Gasteiger partial charge in [-0.15, -0.1) is 0 Å². The molecule has 18 heteroatoms. The summed E-state index contributed by atoms with van der Waals surface area (Å²) in [5.74, 6) is -1.51. The molecule has 47 heavy (non-hydrogen) atoms. The molecule has 6 N–H and O–H groups in total. The zero-order valence-corrected chi connectivity index (χ0v) is 29.0. The third kappa shape index (κ3) is 8.04. The molecule has 4 heterocycles. The number of nitrogen functional groups attached to an aromatic ring is 1. The molecular weight excluding hydrogens is 635 g/mol. The van der Waals surface area contributed by atoms with Crippen LogP contribution in [0.2, 0.25) is 0 Å². The number of rotatable bonds is 15. The van der Waals surface area contributed by atoms with Crippen LogP contribution >= 0.6 is 7.67 Å². The monoisotopic (exact) mass is 684 g/mol. The van der Waals surface area contributed by atoms with E-state index in [4.69, 9.17) is 24.5 Å². The van der Waals surface area contributed by atoms with Crippen molar-refractivity contribution in [1.29, 1.82) is 0 Å². The first-order valence-corrected chi connectivity index (χ1v) is 17.7. The van der Waals surface area contributed by atoms with E-state index < -0.39 is 62.3 Å². The summed E-state index contributed by atoms with van der Waals surface area (Å²) in [4.78, 5) is 41.0. The number of aromatic nitrogens is 4. The van der Waals surface area contributed by atoms with E-state index in [1.165, 1.54) is 17.8 Å². The summed E-state index contributed by atoms with van der Waals surface area (Å²) in [7, 11) is -4.30. The quantitative estimate of drug-likeness (QED) is 0.132. The Morgan fingerprint density at radius 3 is 2.15 bits per heavy atom. The van der Waals surface area contributed by atoms with Crippen molar-refractivity contribution in [2.45, 2.75) is 97.4 Å². The second kappa shape index (κ2) is 15.1. The van der Waals surface area contributed by atoms with E-state index in [2.05, 4.69) is 30.0 Å². The van der Waals surface area contributed by atoms with Gasteiger partial charge in [0, 0.05) is 13.1 Å². The van der Waals surface area contributed by atoms with Crippen LogP contribution < -0.4 is 20.8 Å². The van der Waals surface area contributed by atoms with Crippen LogP contribution in [0.5, 0.6) is 0 Å². The van der Waals surface area contributed by atoms with Crippen molar-refractivity contribution in [2.75, 3.05) is 43.5 Å². The number of nitrogens with one attached hydrogen (secondary N) is 2. The summed E-state index contributed by atoms with van der Waals surface area (Å²) < 4.78 is 38.3. The lowest BCUT2D eigenvalue weighted by atomic mass is 9.96. The number of carbonyl (C=O) groups excluding carboxylic acids is 2. The van der Waals surface area contributed by atoms with E-state index in [0.29, 0.717) is 17.0 Å². The number of nitrogens with zero attached hydrogens (tertiary/aromatic N) is 5. The Kier molecular flexibility index (Phi) is 11.9. The SMILES string of the molecule is CCOC(=O)[C@@H](NP(=O)(N[C@H](C(=O)OCC)C(C)C)OC[C@H]1O[C@@H](n2cnc3c(N4CCCC4)nc(N)nc32)[C@@](C)(O)C1O)C(C)C. The van der Waals surface area contributed by atoms with Gasteiger partial charge in [-0.05, 0) is 45.4 Å². The summed E-state index contributed by atoms with van der Waals surface area (Å²) >= 11 is 0. The van der Waals surface area contributed by atoms with Crippen molar-refractivity contribution in [3.63, 3.8) is 0 Å². The van der Waals surface area contributed by atoms with Crippen LogP contribution in [0.1, 0.15) is 67.5 Å². The van der Waals surface area contributed by atoms with Crippen molar-refractivity contribution >= 4 is 42.5 Å². The minimum Gasteiger partial charge on any atom is -0.465 e. The maximum absolute atomic E-state index is 14.5. The molecule has 2 aliphatic rings. The number of anilines is 2. The molecule has 0 bridgehead atoms. The van der Waals surface area contributed by atoms with Gasteiger partial charge >= 0.3 is 19.6 Å². The van der Waals surface area contributed by atoms with Gasteiger partial charge in [0.1, 0.15) is 29.9 Å². The Morgan fingerprint density at radius 1 is 1.09 bits per heavy atom. The maximum Gasteiger partial charge on any atom is 0.342 e.